The molecule has 6 nitrogen and oxygen atoms in total. The van der Waals surface area contributed by atoms with E-state index in [0.29, 0.717) is 19.1 Å². The molecule has 0 fully saturated rings. The first-order chi connectivity index (χ1) is 13.6. The molecule has 0 aliphatic heterocycles. The highest BCUT2D eigenvalue weighted by Crippen LogP contribution is 2.28. The van der Waals surface area contributed by atoms with E-state index >= 15 is 0 Å². The number of nitrogens with zero attached hydrogens (tertiary/aromatic N) is 2. The quantitative estimate of drug-likeness (QED) is 0.356. The second-order valence-corrected chi connectivity index (χ2v) is 7.64. The van der Waals surface area contributed by atoms with Crippen molar-refractivity contribution in [2.24, 2.45) is 4.99 Å². The van der Waals surface area contributed by atoms with Gasteiger partial charge in [0.05, 0.1) is 26.0 Å². The summed E-state index contributed by atoms with van der Waals surface area (Å²) in [5.74, 6) is 2.84. The van der Waals surface area contributed by atoms with E-state index in [4.69, 9.17) is 9.47 Å². The molecule has 0 aliphatic rings. The molecule has 0 spiro atoms. The molecule has 0 saturated heterocycles. The molecule has 2 rings (SSSR count). The van der Waals surface area contributed by atoms with Crippen LogP contribution in [-0.4, -0.2) is 38.3 Å². The molecule has 28 heavy (non-hydrogen) atoms. The summed E-state index contributed by atoms with van der Waals surface area (Å²) in [5, 5.41) is 9.89. The van der Waals surface area contributed by atoms with Gasteiger partial charge in [0.25, 0.3) is 0 Å². The van der Waals surface area contributed by atoms with Crippen LogP contribution in [0, 0.1) is 0 Å². The van der Waals surface area contributed by atoms with Gasteiger partial charge in [0.1, 0.15) is 5.01 Å². The number of aromatic nitrogens is 1. The number of hydrogen-bond acceptors (Lipinski definition) is 5. The number of hydrogen-bond donors (Lipinski definition) is 2. The predicted molar refractivity (Wildman–Crippen MR) is 117 cm³/mol. The molecule has 0 radical (unpaired) electrons. The van der Waals surface area contributed by atoms with E-state index < -0.39 is 0 Å². The van der Waals surface area contributed by atoms with E-state index in [2.05, 4.69) is 52.0 Å². The molecule has 1 heterocycles. The van der Waals surface area contributed by atoms with E-state index in [0.717, 1.165) is 47.5 Å². The maximum absolute atomic E-state index is 5.65. The second-order valence-electron chi connectivity index (χ2n) is 6.70. The van der Waals surface area contributed by atoms with Crippen LogP contribution in [-0.2, 0) is 13.0 Å². The van der Waals surface area contributed by atoms with Gasteiger partial charge in [-0.15, -0.1) is 11.3 Å². The third kappa shape index (κ3) is 6.71. The lowest BCUT2D eigenvalue weighted by atomic mass is 10.1. The zero-order valence-corrected chi connectivity index (χ0v) is 18.4. The van der Waals surface area contributed by atoms with Crippen molar-refractivity contribution in [3.63, 3.8) is 0 Å². The number of guanidine groups is 1. The fourth-order valence-electron chi connectivity index (χ4n) is 2.70. The summed E-state index contributed by atoms with van der Waals surface area (Å²) in [6.07, 6.45) is 1.95. The van der Waals surface area contributed by atoms with Gasteiger partial charge in [-0.1, -0.05) is 19.9 Å². The monoisotopic (exact) mass is 404 g/mol. The van der Waals surface area contributed by atoms with E-state index in [1.54, 1.807) is 25.5 Å². The average Bonchev–Trinajstić information content (AvgIpc) is 3.17. The largest absolute Gasteiger partial charge is 0.493 e. The van der Waals surface area contributed by atoms with Crippen molar-refractivity contribution in [3.05, 3.63) is 39.8 Å². The van der Waals surface area contributed by atoms with Gasteiger partial charge in [-0.3, -0.25) is 4.99 Å². The number of methoxy groups -OCH3 is 1. The van der Waals surface area contributed by atoms with Crippen LogP contribution in [0.15, 0.2) is 28.6 Å². The minimum absolute atomic E-state index is 0.462. The van der Waals surface area contributed by atoms with Crippen LogP contribution in [0.1, 0.15) is 49.4 Å². The number of rotatable bonds is 10. The first kappa shape index (κ1) is 22.0. The smallest absolute Gasteiger partial charge is 0.191 e. The summed E-state index contributed by atoms with van der Waals surface area (Å²) in [6.45, 7) is 8.45. The molecule has 0 amide bonds. The third-order valence-electron chi connectivity index (χ3n) is 4.25. The molecule has 2 aromatic rings. The minimum atomic E-state index is 0.462. The van der Waals surface area contributed by atoms with Crippen molar-refractivity contribution >= 4 is 17.3 Å². The molecule has 0 atom stereocenters. The summed E-state index contributed by atoms with van der Waals surface area (Å²) in [7, 11) is 3.45. The Kier molecular flexibility index (Phi) is 9.07. The van der Waals surface area contributed by atoms with Gasteiger partial charge in [-0.25, -0.2) is 4.98 Å². The zero-order chi connectivity index (χ0) is 20.4. The van der Waals surface area contributed by atoms with Crippen molar-refractivity contribution < 1.29 is 9.47 Å². The van der Waals surface area contributed by atoms with Crippen LogP contribution >= 0.6 is 11.3 Å². The van der Waals surface area contributed by atoms with Crippen molar-refractivity contribution in [3.8, 4) is 11.5 Å². The van der Waals surface area contributed by atoms with E-state index in [1.807, 2.05) is 13.0 Å². The van der Waals surface area contributed by atoms with E-state index in [1.165, 1.54) is 5.56 Å². The molecule has 0 unspecified atom stereocenters. The Morgan fingerprint density at radius 1 is 1.25 bits per heavy atom. The molecular formula is C21H32N4O2S. The molecule has 0 saturated carbocycles. The molecule has 2 N–H and O–H groups in total. The topological polar surface area (TPSA) is 67.8 Å². The summed E-state index contributed by atoms with van der Waals surface area (Å²) in [6, 6.07) is 6.11. The van der Waals surface area contributed by atoms with Crippen molar-refractivity contribution in [2.75, 3.05) is 27.3 Å². The Labute approximate surface area is 172 Å². The SMILES string of the molecule is CCOc1cc(CCCNC(=NC)NCc2nc(C(C)C)cs2)ccc1OC. The summed E-state index contributed by atoms with van der Waals surface area (Å²) >= 11 is 1.69. The summed E-state index contributed by atoms with van der Waals surface area (Å²) < 4.78 is 11.0. The molecule has 1 aromatic heterocycles. The molecule has 7 heteroatoms. The maximum Gasteiger partial charge on any atom is 0.191 e. The third-order valence-corrected chi connectivity index (χ3v) is 5.12. The van der Waals surface area contributed by atoms with Crippen molar-refractivity contribution in [2.45, 2.75) is 46.1 Å². The highest BCUT2D eigenvalue weighted by molar-refractivity contribution is 7.09. The van der Waals surface area contributed by atoms with Crippen LogP contribution in [0.4, 0.5) is 0 Å². The van der Waals surface area contributed by atoms with Crippen LogP contribution in [0.5, 0.6) is 11.5 Å². The molecule has 1 aromatic carbocycles. The van der Waals surface area contributed by atoms with Gasteiger partial charge in [0.2, 0.25) is 0 Å². The Balaban J connectivity index is 1.76. The fraction of sp³-hybridized carbons (Fsp3) is 0.524. The number of nitrogens with one attached hydrogen (secondary N) is 2. The summed E-state index contributed by atoms with van der Waals surface area (Å²) in [4.78, 5) is 8.93. The van der Waals surface area contributed by atoms with Gasteiger partial charge in [0, 0.05) is 19.0 Å². The van der Waals surface area contributed by atoms with E-state index in [-0.39, 0.29) is 0 Å². The lowest BCUT2D eigenvalue weighted by Crippen LogP contribution is -2.37. The summed E-state index contributed by atoms with van der Waals surface area (Å²) in [5.41, 5.74) is 2.38. The van der Waals surface area contributed by atoms with Crippen LogP contribution in [0.2, 0.25) is 0 Å². The highest BCUT2D eigenvalue weighted by atomic mass is 32.1. The van der Waals surface area contributed by atoms with Crippen LogP contribution in [0.3, 0.4) is 0 Å². The molecular weight excluding hydrogens is 372 g/mol. The zero-order valence-electron chi connectivity index (χ0n) is 17.5. The first-order valence-electron chi connectivity index (χ1n) is 9.75. The number of aryl methyl sites for hydroxylation is 1. The molecule has 154 valence electrons. The second kappa shape index (κ2) is 11.5. The van der Waals surface area contributed by atoms with Gasteiger partial charge < -0.3 is 20.1 Å². The van der Waals surface area contributed by atoms with E-state index in [9.17, 15) is 0 Å². The van der Waals surface area contributed by atoms with Crippen molar-refractivity contribution in [1.29, 1.82) is 0 Å². The van der Waals surface area contributed by atoms with Gasteiger partial charge in [-0.05, 0) is 43.4 Å². The normalized spacial score (nSPS) is 11.6. The molecule has 0 aliphatic carbocycles. The standard InChI is InChI=1S/C21H32N4O2S/c1-6-27-19-12-16(9-10-18(19)26-5)8-7-11-23-21(22-4)24-13-20-25-17(14-28-20)15(2)3/h9-10,12,14-15H,6-8,11,13H2,1-5H3,(H2,22,23,24). The Bertz CT molecular complexity index is 759. The lowest BCUT2D eigenvalue weighted by Gasteiger charge is -2.12. The Morgan fingerprint density at radius 2 is 2.07 bits per heavy atom. The lowest BCUT2D eigenvalue weighted by molar-refractivity contribution is 0.310. The van der Waals surface area contributed by atoms with Crippen LogP contribution < -0.4 is 20.1 Å². The van der Waals surface area contributed by atoms with Crippen LogP contribution in [0.25, 0.3) is 0 Å². The molecule has 0 bridgehead atoms. The number of ether oxygens (including phenoxy) is 2. The van der Waals surface area contributed by atoms with Gasteiger partial charge >= 0.3 is 0 Å². The Morgan fingerprint density at radius 3 is 2.71 bits per heavy atom. The number of benzene rings is 1. The van der Waals surface area contributed by atoms with Crippen molar-refractivity contribution in [1.82, 2.24) is 15.6 Å². The fourth-order valence-corrected chi connectivity index (χ4v) is 3.59. The highest BCUT2D eigenvalue weighted by Gasteiger charge is 2.07. The number of aliphatic imine (C=N–C) groups is 1. The minimum Gasteiger partial charge on any atom is -0.493 e. The maximum atomic E-state index is 5.65. The Hall–Kier alpha value is -2.28. The van der Waals surface area contributed by atoms with Gasteiger partial charge in [-0.2, -0.15) is 0 Å². The average molecular weight is 405 g/mol. The predicted octanol–water partition coefficient (Wildman–Crippen LogP) is 3.97. The number of thiazole rings is 1. The first-order valence-corrected chi connectivity index (χ1v) is 10.6. The van der Waals surface area contributed by atoms with Gasteiger partial charge in [0.15, 0.2) is 17.5 Å².